The minimum Gasteiger partial charge on any atom is -0.497 e. The highest BCUT2D eigenvalue weighted by atomic mass is 32.2. The number of ether oxygens (including phenoxy) is 1. The van der Waals surface area contributed by atoms with Gasteiger partial charge in [0.25, 0.3) is 0 Å². The van der Waals surface area contributed by atoms with Gasteiger partial charge in [0.1, 0.15) is 10.5 Å². The Balaban J connectivity index is 1.73. The highest BCUT2D eigenvalue weighted by molar-refractivity contribution is 8.02. The fourth-order valence-electron chi connectivity index (χ4n) is 5.27. The molecule has 0 amide bonds. The summed E-state index contributed by atoms with van der Waals surface area (Å²) in [6, 6.07) is 26.9. The smallest absolute Gasteiger partial charge is 0.190 e. The first kappa shape index (κ1) is 18.2. The molecule has 1 saturated carbocycles. The maximum Gasteiger partial charge on any atom is 0.190 e. The Morgan fingerprint density at radius 2 is 1.38 bits per heavy atom. The van der Waals surface area contributed by atoms with Crippen LogP contribution in [0.1, 0.15) is 23.6 Å². The molecule has 0 spiro atoms. The molecule has 0 saturated heterocycles. The zero-order chi connectivity index (χ0) is 20.3. The Labute approximate surface area is 171 Å². The van der Waals surface area contributed by atoms with Gasteiger partial charge in [0.15, 0.2) is 9.84 Å². The number of methoxy groups -OCH3 is 1. The summed E-state index contributed by atoms with van der Waals surface area (Å²) in [6.45, 7) is 2.07. The molecule has 1 heterocycles. The number of allylic oxidation sites excluding steroid dienone is 1. The van der Waals surface area contributed by atoms with Gasteiger partial charge in [0.2, 0.25) is 0 Å². The van der Waals surface area contributed by atoms with Crippen molar-refractivity contribution in [3.05, 3.63) is 108 Å². The van der Waals surface area contributed by atoms with Gasteiger partial charge in [-0.05, 0) is 28.8 Å². The van der Waals surface area contributed by atoms with Gasteiger partial charge in [-0.25, -0.2) is 8.42 Å². The van der Waals surface area contributed by atoms with Crippen molar-refractivity contribution in [2.75, 3.05) is 7.11 Å². The second-order valence-electron chi connectivity index (χ2n) is 7.91. The van der Waals surface area contributed by atoms with E-state index < -0.39 is 20.0 Å². The lowest BCUT2D eigenvalue weighted by molar-refractivity contribution is 0.414. The van der Waals surface area contributed by atoms with Gasteiger partial charge >= 0.3 is 0 Å². The third-order valence-electron chi connectivity index (χ3n) is 6.73. The number of hydrogen-bond donors (Lipinski definition) is 0. The van der Waals surface area contributed by atoms with Crippen LogP contribution in [0.2, 0.25) is 0 Å². The molecule has 1 aliphatic heterocycles. The Kier molecular flexibility index (Phi) is 3.81. The molecular weight excluding hydrogens is 380 g/mol. The van der Waals surface area contributed by atoms with Crippen molar-refractivity contribution in [3.63, 3.8) is 0 Å². The van der Waals surface area contributed by atoms with E-state index in [1.54, 1.807) is 7.11 Å². The predicted octanol–water partition coefficient (Wildman–Crippen LogP) is 4.95. The molecule has 3 atom stereocenters. The van der Waals surface area contributed by atoms with Crippen LogP contribution in [-0.4, -0.2) is 15.5 Å². The molecule has 4 heteroatoms. The van der Waals surface area contributed by atoms with E-state index in [9.17, 15) is 8.42 Å². The van der Waals surface area contributed by atoms with Crippen LogP contribution in [0, 0.1) is 5.92 Å². The number of sulfone groups is 1. The highest BCUT2D eigenvalue weighted by Crippen LogP contribution is 2.78. The van der Waals surface area contributed by atoms with E-state index in [1.165, 1.54) is 0 Å². The number of fused-ring (bicyclic) bond motifs is 1. The SMILES string of the molecule is COc1ccc(C2(C)C3C=C(c4ccccc4)S(=O)(=O)C32c2ccccc2)cc1. The molecule has 3 aromatic rings. The maximum atomic E-state index is 14.1. The summed E-state index contributed by atoms with van der Waals surface area (Å²) in [5.74, 6) is 0.645. The lowest BCUT2D eigenvalue weighted by Gasteiger charge is -2.25. The molecule has 0 radical (unpaired) electrons. The summed E-state index contributed by atoms with van der Waals surface area (Å²) in [5, 5.41) is 0. The zero-order valence-corrected chi connectivity index (χ0v) is 17.2. The first-order chi connectivity index (χ1) is 14.0. The molecule has 0 aromatic heterocycles. The van der Waals surface area contributed by atoms with E-state index in [-0.39, 0.29) is 5.92 Å². The van der Waals surface area contributed by atoms with Gasteiger partial charge in [-0.2, -0.15) is 0 Å². The van der Waals surface area contributed by atoms with Gasteiger partial charge in [0, 0.05) is 11.3 Å². The number of hydrogen-bond acceptors (Lipinski definition) is 3. The van der Waals surface area contributed by atoms with E-state index in [4.69, 9.17) is 4.74 Å². The van der Waals surface area contributed by atoms with Gasteiger partial charge in [0.05, 0.1) is 12.0 Å². The maximum absolute atomic E-state index is 14.1. The average molecular weight is 403 g/mol. The van der Waals surface area contributed by atoms with E-state index in [0.29, 0.717) is 4.91 Å². The van der Waals surface area contributed by atoms with E-state index in [2.05, 4.69) is 6.92 Å². The third kappa shape index (κ3) is 2.15. The monoisotopic (exact) mass is 402 g/mol. The van der Waals surface area contributed by atoms with Crippen molar-refractivity contribution >= 4 is 14.7 Å². The average Bonchev–Trinajstić information content (AvgIpc) is 3.22. The van der Waals surface area contributed by atoms with E-state index >= 15 is 0 Å². The lowest BCUT2D eigenvalue weighted by Crippen LogP contribution is -2.29. The largest absolute Gasteiger partial charge is 0.497 e. The summed E-state index contributed by atoms with van der Waals surface area (Å²) < 4.78 is 32.5. The molecule has 0 bridgehead atoms. The van der Waals surface area contributed by atoms with Crippen molar-refractivity contribution in [3.8, 4) is 5.75 Å². The quantitative estimate of drug-likeness (QED) is 0.620. The first-order valence-electron chi connectivity index (χ1n) is 9.70. The van der Waals surface area contributed by atoms with Crippen LogP contribution in [0.4, 0.5) is 0 Å². The van der Waals surface area contributed by atoms with Crippen molar-refractivity contribution in [1.82, 2.24) is 0 Å². The Morgan fingerprint density at radius 1 is 0.793 bits per heavy atom. The highest BCUT2D eigenvalue weighted by Gasteiger charge is 2.84. The molecule has 1 aliphatic carbocycles. The van der Waals surface area contributed by atoms with Crippen molar-refractivity contribution < 1.29 is 13.2 Å². The van der Waals surface area contributed by atoms with Crippen molar-refractivity contribution in [2.45, 2.75) is 17.1 Å². The molecule has 0 N–H and O–H groups in total. The van der Waals surface area contributed by atoms with E-state index in [0.717, 1.165) is 22.4 Å². The molecule has 3 unspecified atom stereocenters. The number of benzene rings is 3. The molecular formula is C25H22O3S. The van der Waals surface area contributed by atoms with Gasteiger partial charge in [-0.15, -0.1) is 0 Å². The molecule has 3 nitrogen and oxygen atoms in total. The van der Waals surface area contributed by atoms with E-state index in [1.807, 2.05) is 91.0 Å². The zero-order valence-electron chi connectivity index (χ0n) is 16.4. The van der Waals surface area contributed by atoms with Crippen LogP contribution < -0.4 is 4.74 Å². The predicted molar refractivity (Wildman–Crippen MR) is 115 cm³/mol. The topological polar surface area (TPSA) is 43.4 Å². The lowest BCUT2D eigenvalue weighted by atomic mass is 9.91. The fraction of sp³-hybridized carbons (Fsp3) is 0.200. The summed E-state index contributed by atoms with van der Waals surface area (Å²) in [4.78, 5) is 0.443. The molecule has 146 valence electrons. The summed E-state index contributed by atoms with van der Waals surface area (Å²) in [5.41, 5.74) is 2.09. The Bertz CT molecular complexity index is 1200. The Hall–Kier alpha value is -2.85. The van der Waals surface area contributed by atoms with Crippen LogP contribution in [-0.2, 0) is 20.0 Å². The van der Waals surface area contributed by atoms with Crippen LogP contribution in [0.3, 0.4) is 0 Å². The molecule has 1 fully saturated rings. The molecule has 5 rings (SSSR count). The fourth-order valence-corrected chi connectivity index (χ4v) is 8.21. The van der Waals surface area contributed by atoms with Crippen molar-refractivity contribution in [1.29, 1.82) is 0 Å². The normalized spacial score (nSPS) is 29.0. The minimum atomic E-state index is -3.60. The van der Waals surface area contributed by atoms with Gasteiger partial charge in [-0.3, -0.25) is 0 Å². The molecule has 2 aliphatic rings. The summed E-state index contributed by atoms with van der Waals surface area (Å²) in [7, 11) is -1.97. The summed E-state index contributed by atoms with van der Waals surface area (Å²) in [6.07, 6.45) is 1.97. The standard InChI is InChI=1S/C25H22O3S/c1-24(19-13-15-21(28-2)16-14-19)23-17-22(18-9-5-3-6-10-18)29(26,27)25(23,24)20-11-7-4-8-12-20/h3-17,23H,1-2H3. The minimum absolute atomic E-state index is 0.119. The molecule has 3 aromatic carbocycles. The van der Waals surface area contributed by atoms with Gasteiger partial charge < -0.3 is 4.74 Å². The van der Waals surface area contributed by atoms with Crippen LogP contribution in [0.5, 0.6) is 5.75 Å². The van der Waals surface area contributed by atoms with Crippen molar-refractivity contribution in [2.24, 2.45) is 5.92 Å². The van der Waals surface area contributed by atoms with Gasteiger partial charge in [-0.1, -0.05) is 85.8 Å². The third-order valence-corrected chi connectivity index (χ3v) is 9.44. The first-order valence-corrected chi connectivity index (χ1v) is 11.2. The Morgan fingerprint density at radius 3 is 1.97 bits per heavy atom. The number of rotatable bonds is 4. The van der Waals surface area contributed by atoms with Crippen LogP contribution in [0.15, 0.2) is 91.0 Å². The van der Waals surface area contributed by atoms with Crippen LogP contribution >= 0.6 is 0 Å². The second-order valence-corrected chi connectivity index (χ2v) is 10.0. The summed E-state index contributed by atoms with van der Waals surface area (Å²) >= 11 is 0. The van der Waals surface area contributed by atoms with Crippen LogP contribution in [0.25, 0.3) is 4.91 Å². The molecule has 29 heavy (non-hydrogen) atoms. The second kappa shape index (κ2) is 6.07.